The highest BCUT2D eigenvalue weighted by atomic mass is 79.9. The summed E-state index contributed by atoms with van der Waals surface area (Å²) in [5, 5.41) is 7.69. The molecule has 0 radical (unpaired) electrons. The number of benzene rings is 1. The SMILES string of the molecule is Cc1c(-n2cc(Br)nn2)ccc(Cl)c1F. The van der Waals surface area contributed by atoms with Gasteiger partial charge >= 0.3 is 0 Å². The molecule has 0 unspecified atom stereocenters. The van der Waals surface area contributed by atoms with E-state index < -0.39 is 5.82 Å². The molecule has 1 heterocycles. The second kappa shape index (κ2) is 3.90. The van der Waals surface area contributed by atoms with Crippen molar-refractivity contribution in [2.75, 3.05) is 0 Å². The molecule has 0 atom stereocenters. The van der Waals surface area contributed by atoms with Gasteiger partial charge in [0.25, 0.3) is 0 Å². The van der Waals surface area contributed by atoms with Crippen LogP contribution in [0.4, 0.5) is 4.39 Å². The number of hydrogen-bond donors (Lipinski definition) is 0. The van der Waals surface area contributed by atoms with Crippen molar-refractivity contribution in [3.63, 3.8) is 0 Å². The van der Waals surface area contributed by atoms with E-state index in [9.17, 15) is 4.39 Å². The predicted octanol–water partition coefficient (Wildman–Crippen LogP) is 3.13. The molecule has 0 N–H and O–H groups in total. The van der Waals surface area contributed by atoms with Crippen LogP contribution >= 0.6 is 27.5 Å². The van der Waals surface area contributed by atoms with Crippen LogP contribution in [0.2, 0.25) is 5.02 Å². The zero-order valence-corrected chi connectivity index (χ0v) is 10.0. The average Bonchev–Trinajstić information content (AvgIpc) is 2.61. The maximum absolute atomic E-state index is 13.5. The van der Waals surface area contributed by atoms with Gasteiger partial charge in [-0.2, -0.15) is 0 Å². The van der Waals surface area contributed by atoms with Crippen LogP contribution in [0.3, 0.4) is 0 Å². The normalized spacial score (nSPS) is 10.7. The van der Waals surface area contributed by atoms with E-state index in [1.807, 2.05) is 0 Å². The van der Waals surface area contributed by atoms with Gasteiger partial charge in [0.2, 0.25) is 0 Å². The molecule has 15 heavy (non-hydrogen) atoms. The smallest absolute Gasteiger partial charge is 0.148 e. The highest BCUT2D eigenvalue weighted by Crippen LogP contribution is 2.23. The molecule has 1 aromatic heterocycles. The highest BCUT2D eigenvalue weighted by molar-refractivity contribution is 9.10. The van der Waals surface area contributed by atoms with E-state index in [0.717, 1.165) is 0 Å². The van der Waals surface area contributed by atoms with E-state index in [2.05, 4.69) is 26.2 Å². The summed E-state index contributed by atoms with van der Waals surface area (Å²) in [5.74, 6) is -0.430. The lowest BCUT2D eigenvalue weighted by atomic mass is 10.2. The summed E-state index contributed by atoms with van der Waals surface area (Å²) < 4.78 is 15.6. The van der Waals surface area contributed by atoms with Crippen molar-refractivity contribution in [2.24, 2.45) is 0 Å². The van der Waals surface area contributed by atoms with Crippen molar-refractivity contribution in [3.8, 4) is 5.69 Å². The Hall–Kier alpha value is -0.940. The molecule has 78 valence electrons. The Labute approximate surface area is 99.0 Å². The Bertz CT molecular complexity index is 512. The lowest BCUT2D eigenvalue weighted by molar-refractivity contribution is 0.615. The number of halogens is 3. The molecule has 0 spiro atoms. The summed E-state index contributed by atoms with van der Waals surface area (Å²) in [5.41, 5.74) is 1.06. The second-order valence-corrected chi connectivity index (χ2v) is 4.21. The molecule has 0 amide bonds. The van der Waals surface area contributed by atoms with Crippen LogP contribution in [0.25, 0.3) is 5.69 Å². The third kappa shape index (κ3) is 1.89. The maximum atomic E-state index is 13.5. The van der Waals surface area contributed by atoms with E-state index in [1.165, 1.54) is 10.7 Å². The Morgan fingerprint density at radius 3 is 2.80 bits per heavy atom. The summed E-state index contributed by atoms with van der Waals surface area (Å²) in [4.78, 5) is 0. The predicted molar refractivity (Wildman–Crippen MR) is 58.8 cm³/mol. The lowest BCUT2D eigenvalue weighted by Gasteiger charge is -2.06. The molecule has 0 saturated heterocycles. The van der Waals surface area contributed by atoms with Gasteiger partial charge in [0, 0.05) is 5.56 Å². The van der Waals surface area contributed by atoms with Crippen LogP contribution in [0.1, 0.15) is 5.56 Å². The van der Waals surface area contributed by atoms with E-state index in [1.54, 1.807) is 19.2 Å². The van der Waals surface area contributed by atoms with Gasteiger partial charge in [-0.25, -0.2) is 9.07 Å². The minimum absolute atomic E-state index is 0.107. The Balaban J connectivity index is 2.59. The van der Waals surface area contributed by atoms with Crippen molar-refractivity contribution in [3.05, 3.63) is 39.3 Å². The quantitative estimate of drug-likeness (QED) is 0.808. The Morgan fingerprint density at radius 2 is 2.20 bits per heavy atom. The number of nitrogens with zero attached hydrogens (tertiary/aromatic N) is 3. The summed E-state index contributed by atoms with van der Waals surface area (Å²) >= 11 is 8.82. The van der Waals surface area contributed by atoms with E-state index in [4.69, 9.17) is 11.6 Å². The van der Waals surface area contributed by atoms with Gasteiger partial charge < -0.3 is 0 Å². The third-order valence-electron chi connectivity index (χ3n) is 2.02. The monoisotopic (exact) mass is 289 g/mol. The van der Waals surface area contributed by atoms with Gasteiger partial charge in [-0.05, 0) is 35.0 Å². The first kappa shape index (κ1) is 10.6. The van der Waals surface area contributed by atoms with E-state index >= 15 is 0 Å². The van der Waals surface area contributed by atoms with Crippen LogP contribution in [-0.2, 0) is 0 Å². The highest BCUT2D eigenvalue weighted by Gasteiger charge is 2.10. The van der Waals surface area contributed by atoms with E-state index in [-0.39, 0.29) is 5.02 Å². The molecule has 0 aliphatic rings. The van der Waals surface area contributed by atoms with Crippen LogP contribution in [-0.4, -0.2) is 15.0 Å². The fourth-order valence-electron chi connectivity index (χ4n) is 1.25. The molecule has 0 saturated carbocycles. The summed E-state index contributed by atoms with van der Waals surface area (Å²) in [6, 6.07) is 3.19. The fraction of sp³-hybridized carbons (Fsp3) is 0.111. The Kier molecular flexibility index (Phi) is 2.75. The average molecular weight is 291 g/mol. The van der Waals surface area contributed by atoms with Crippen LogP contribution < -0.4 is 0 Å². The molecular weight excluding hydrogens is 284 g/mol. The van der Waals surface area contributed by atoms with Gasteiger partial charge in [-0.3, -0.25) is 0 Å². The topological polar surface area (TPSA) is 30.7 Å². The van der Waals surface area contributed by atoms with Gasteiger partial charge in [0.05, 0.1) is 16.9 Å². The first-order chi connectivity index (χ1) is 7.09. The van der Waals surface area contributed by atoms with Crippen LogP contribution in [0.5, 0.6) is 0 Å². The van der Waals surface area contributed by atoms with Gasteiger partial charge in [0.1, 0.15) is 10.4 Å². The molecule has 3 nitrogen and oxygen atoms in total. The third-order valence-corrected chi connectivity index (χ3v) is 2.68. The molecule has 6 heteroatoms. The number of rotatable bonds is 1. The first-order valence-corrected chi connectivity index (χ1v) is 5.29. The first-order valence-electron chi connectivity index (χ1n) is 4.12. The van der Waals surface area contributed by atoms with Gasteiger partial charge in [-0.1, -0.05) is 16.8 Å². The zero-order chi connectivity index (χ0) is 11.0. The summed E-state index contributed by atoms with van der Waals surface area (Å²) in [6.07, 6.45) is 1.65. The van der Waals surface area contributed by atoms with Crippen molar-refractivity contribution in [2.45, 2.75) is 6.92 Å². The zero-order valence-electron chi connectivity index (χ0n) is 7.71. The molecule has 0 aliphatic carbocycles. The molecule has 0 fully saturated rings. The van der Waals surface area contributed by atoms with Gasteiger partial charge in [0.15, 0.2) is 0 Å². The molecular formula is C9H6BrClFN3. The van der Waals surface area contributed by atoms with E-state index in [0.29, 0.717) is 15.9 Å². The fourth-order valence-corrected chi connectivity index (χ4v) is 1.72. The van der Waals surface area contributed by atoms with Crippen molar-refractivity contribution in [1.29, 1.82) is 0 Å². The van der Waals surface area contributed by atoms with Gasteiger partial charge in [-0.15, -0.1) is 5.10 Å². The lowest BCUT2D eigenvalue weighted by Crippen LogP contribution is -2.00. The molecule has 1 aromatic carbocycles. The number of hydrogen-bond acceptors (Lipinski definition) is 2. The van der Waals surface area contributed by atoms with Crippen molar-refractivity contribution in [1.82, 2.24) is 15.0 Å². The largest absolute Gasteiger partial charge is 0.219 e. The Morgan fingerprint density at radius 1 is 1.47 bits per heavy atom. The summed E-state index contributed by atoms with van der Waals surface area (Å²) in [7, 11) is 0. The molecule has 0 aliphatic heterocycles. The second-order valence-electron chi connectivity index (χ2n) is 2.99. The molecule has 0 bridgehead atoms. The summed E-state index contributed by atoms with van der Waals surface area (Å²) in [6.45, 7) is 1.64. The van der Waals surface area contributed by atoms with Crippen molar-refractivity contribution >= 4 is 27.5 Å². The number of aromatic nitrogens is 3. The maximum Gasteiger partial charge on any atom is 0.148 e. The minimum Gasteiger partial charge on any atom is -0.219 e. The van der Waals surface area contributed by atoms with Crippen LogP contribution in [0.15, 0.2) is 22.9 Å². The standard InChI is InChI=1S/C9H6BrClFN3/c1-5-7(3-2-6(11)9(5)12)15-4-8(10)13-14-15/h2-4H,1H3. The van der Waals surface area contributed by atoms with Crippen molar-refractivity contribution < 1.29 is 4.39 Å². The molecule has 2 aromatic rings. The minimum atomic E-state index is -0.430. The van der Waals surface area contributed by atoms with Crippen LogP contribution in [0, 0.1) is 12.7 Å². The molecule has 2 rings (SSSR count).